The van der Waals surface area contributed by atoms with Crippen LogP contribution >= 0.6 is 0 Å². The Labute approximate surface area is 129 Å². The lowest BCUT2D eigenvalue weighted by molar-refractivity contribution is -0.134. The van der Waals surface area contributed by atoms with Gasteiger partial charge in [0.1, 0.15) is 5.82 Å². The van der Waals surface area contributed by atoms with Gasteiger partial charge in [0.2, 0.25) is 0 Å². The van der Waals surface area contributed by atoms with E-state index in [4.69, 9.17) is 0 Å². The van der Waals surface area contributed by atoms with Crippen LogP contribution in [-0.4, -0.2) is 23.3 Å². The first-order valence-electron chi connectivity index (χ1n) is 7.28. The van der Waals surface area contributed by atoms with Crippen LogP contribution in [0.25, 0.3) is 0 Å². The molecule has 5 nitrogen and oxygen atoms in total. The average Bonchev–Trinajstić information content (AvgIpc) is 2.55. The van der Waals surface area contributed by atoms with Crippen molar-refractivity contribution in [3.8, 4) is 0 Å². The molecular weight excluding hydrogens is 278 g/mol. The number of aryl methyl sites for hydroxylation is 2. The van der Waals surface area contributed by atoms with Gasteiger partial charge in [-0.05, 0) is 43.0 Å². The number of hydrogen-bond donors (Lipinski definition) is 1. The molecule has 0 saturated heterocycles. The van der Waals surface area contributed by atoms with Gasteiger partial charge < -0.3 is 10.2 Å². The Morgan fingerprint density at radius 3 is 2.77 bits per heavy atom. The van der Waals surface area contributed by atoms with Crippen molar-refractivity contribution in [3.63, 3.8) is 0 Å². The third-order valence-electron chi connectivity index (χ3n) is 3.70. The molecule has 1 aliphatic heterocycles. The Kier molecular flexibility index (Phi) is 3.87. The minimum atomic E-state index is -0.659. The van der Waals surface area contributed by atoms with Crippen LogP contribution in [0.1, 0.15) is 17.5 Å². The van der Waals surface area contributed by atoms with Gasteiger partial charge in [0, 0.05) is 18.4 Å². The average molecular weight is 295 g/mol. The van der Waals surface area contributed by atoms with Crippen LogP contribution in [-0.2, 0) is 16.0 Å². The van der Waals surface area contributed by atoms with Crippen LogP contribution in [0.3, 0.4) is 0 Å². The molecular formula is C17H17N3O2. The molecule has 1 aromatic carbocycles. The first-order valence-corrected chi connectivity index (χ1v) is 7.28. The molecule has 0 aliphatic carbocycles. The molecule has 22 heavy (non-hydrogen) atoms. The number of anilines is 2. The number of rotatable bonds is 1. The van der Waals surface area contributed by atoms with E-state index in [1.54, 1.807) is 17.2 Å². The number of para-hydroxylation sites is 1. The van der Waals surface area contributed by atoms with Crippen molar-refractivity contribution in [2.45, 2.75) is 19.8 Å². The molecule has 0 radical (unpaired) electrons. The maximum atomic E-state index is 12.4. The topological polar surface area (TPSA) is 62.3 Å². The summed E-state index contributed by atoms with van der Waals surface area (Å²) in [5.74, 6) is -0.822. The summed E-state index contributed by atoms with van der Waals surface area (Å²) >= 11 is 0. The number of nitrogens with zero attached hydrogens (tertiary/aromatic N) is 2. The van der Waals surface area contributed by atoms with Gasteiger partial charge in [0.05, 0.1) is 0 Å². The van der Waals surface area contributed by atoms with E-state index in [9.17, 15) is 9.59 Å². The Morgan fingerprint density at radius 1 is 1.18 bits per heavy atom. The van der Waals surface area contributed by atoms with E-state index in [1.807, 2.05) is 37.3 Å². The van der Waals surface area contributed by atoms with E-state index >= 15 is 0 Å². The number of pyridine rings is 1. The molecule has 3 rings (SSSR count). The summed E-state index contributed by atoms with van der Waals surface area (Å²) in [4.78, 5) is 30.2. The van der Waals surface area contributed by atoms with Gasteiger partial charge in [-0.2, -0.15) is 0 Å². The number of benzene rings is 1. The number of nitrogens with one attached hydrogen (secondary N) is 1. The number of fused-ring (bicyclic) bond motifs is 1. The van der Waals surface area contributed by atoms with Crippen molar-refractivity contribution < 1.29 is 9.59 Å². The minimum Gasteiger partial charge on any atom is -0.304 e. The summed E-state index contributed by atoms with van der Waals surface area (Å²) in [6, 6.07) is 11.2. The van der Waals surface area contributed by atoms with Crippen molar-refractivity contribution in [1.82, 2.24) is 4.98 Å². The molecule has 0 spiro atoms. The van der Waals surface area contributed by atoms with Crippen LogP contribution in [0, 0.1) is 6.92 Å². The van der Waals surface area contributed by atoms with E-state index in [-0.39, 0.29) is 0 Å². The van der Waals surface area contributed by atoms with Crippen LogP contribution < -0.4 is 10.2 Å². The second-order valence-electron chi connectivity index (χ2n) is 5.36. The number of carbonyl (C=O) groups excluding carboxylic acids is 2. The fourth-order valence-electron chi connectivity index (χ4n) is 2.58. The Balaban J connectivity index is 1.77. The number of amides is 2. The van der Waals surface area contributed by atoms with Gasteiger partial charge in [0.25, 0.3) is 0 Å². The Bertz CT molecular complexity index is 710. The van der Waals surface area contributed by atoms with E-state index in [2.05, 4.69) is 10.3 Å². The highest BCUT2D eigenvalue weighted by molar-refractivity contribution is 6.44. The van der Waals surface area contributed by atoms with Crippen molar-refractivity contribution in [1.29, 1.82) is 0 Å². The maximum Gasteiger partial charge on any atom is 0.316 e. The molecule has 0 bridgehead atoms. The lowest BCUT2D eigenvalue weighted by Gasteiger charge is -2.28. The fraction of sp³-hybridized carbons (Fsp3) is 0.235. The van der Waals surface area contributed by atoms with Crippen molar-refractivity contribution in [3.05, 3.63) is 53.7 Å². The molecule has 0 saturated carbocycles. The van der Waals surface area contributed by atoms with Crippen molar-refractivity contribution in [2.75, 3.05) is 16.8 Å². The van der Waals surface area contributed by atoms with Gasteiger partial charge in [-0.15, -0.1) is 0 Å². The zero-order valence-corrected chi connectivity index (χ0v) is 12.4. The normalized spacial score (nSPS) is 13.4. The summed E-state index contributed by atoms with van der Waals surface area (Å²) in [6.45, 7) is 2.47. The molecule has 1 N–H and O–H groups in total. The Morgan fingerprint density at radius 2 is 2.00 bits per heavy atom. The summed E-state index contributed by atoms with van der Waals surface area (Å²) in [5, 5.41) is 2.56. The summed E-state index contributed by atoms with van der Waals surface area (Å²) in [6.07, 6.45) is 3.44. The summed E-state index contributed by atoms with van der Waals surface area (Å²) < 4.78 is 0. The highest BCUT2D eigenvalue weighted by Crippen LogP contribution is 2.26. The zero-order chi connectivity index (χ0) is 15.5. The fourth-order valence-corrected chi connectivity index (χ4v) is 2.58. The molecule has 1 aliphatic rings. The molecule has 0 fully saturated rings. The minimum absolute atomic E-state index is 0.384. The van der Waals surface area contributed by atoms with Gasteiger partial charge in [-0.1, -0.05) is 24.3 Å². The first-order chi connectivity index (χ1) is 10.6. The Hall–Kier alpha value is -2.69. The maximum absolute atomic E-state index is 12.4. The monoisotopic (exact) mass is 295 g/mol. The van der Waals surface area contributed by atoms with Gasteiger partial charge >= 0.3 is 11.8 Å². The molecule has 5 heteroatoms. The second-order valence-corrected chi connectivity index (χ2v) is 5.36. The van der Waals surface area contributed by atoms with Crippen molar-refractivity contribution >= 4 is 23.3 Å². The molecule has 112 valence electrons. The quantitative estimate of drug-likeness (QED) is 0.821. The lowest BCUT2D eigenvalue weighted by atomic mass is 10.0. The standard InChI is InChI=1S/C17H17N3O2/c1-12-8-9-15(18-11-12)19-16(21)17(22)20-10-4-6-13-5-2-3-7-14(13)20/h2-3,5,7-9,11H,4,6,10H2,1H3,(H,18,19,21). The van der Waals surface area contributed by atoms with Crippen LogP contribution in [0.4, 0.5) is 11.5 Å². The van der Waals surface area contributed by atoms with Crippen LogP contribution in [0.2, 0.25) is 0 Å². The smallest absolute Gasteiger partial charge is 0.304 e. The van der Waals surface area contributed by atoms with Crippen LogP contribution in [0.15, 0.2) is 42.6 Å². The van der Waals surface area contributed by atoms with Gasteiger partial charge in [0.15, 0.2) is 0 Å². The third-order valence-corrected chi connectivity index (χ3v) is 3.70. The zero-order valence-electron chi connectivity index (χ0n) is 12.4. The first kappa shape index (κ1) is 14.3. The predicted molar refractivity (Wildman–Crippen MR) is 84.7 cm³/mol. The van der Waals surface area contributed by atoms with Crippen molar-refractivity contribution in [2.24, 2.45) is 0 Å². The molecule has 0 unspecified atom stereocenters. The highest BCUT2D eigenvalue weighted by atomic mass is 16.2. The van der Waals surface area contributed by atoms with Gasteiger partial charge in [-0.3, -0.25) is 9.59 Å². The summed E-state index contributed by atoms with van der Waals surface area (Å²) in [7, 11) is 0. The largest absolute Gasteiger partial charge is 0.316 e. The van der Waals surface area contributed by atoms with Gasteiger partial charge in [-0.25, -0.2) is 4.98 Å². The molecule has 2 amide bonds. The third kappa shape index (κ3) is 2.83. The number of carbonyl (C=O) groups is 2. The van der Waals surface area contributed by atoms with E-state index in [0.717, 1.165) is 29.7 Å². The predicted octanol–water partition coefficient (Wildman–Crippen LogP) is 2.31. The van der Waals surface area contributed by atoms with E-state index < -0.39 is 11.8 Å². The lowest BCUT2D eigenvalue weighted by Crippen LogP contribution is -2.42. The van der Waals surface area contributed by atoms with E-state index in [1.165, 1.54) is 0 Å². The van der Waals surface area contributed by atoms with Crippen LogP contribution in [0.5, 0.6) is 0 Å². The van der Waals surface area contributed by atoms with E-state index in [0.29, 0.717) is 12.4 Å². The molecule has 2 aromatic rings. The summed E-state index contributed by atoms with van der Waals surface area (Å²) in [5.41, 5.74) is 2.92. The number of aromatic nitrogens is 1. The second kappa shape index (κ2) is 5.97. The molecule has 2 heterocycles. The highest BCUT2D eigenvalue weighted by Gasteiger charge is 2.27. The molecule has 1 aromatic heterocycles. The SMILES string of the molecule is Cc1ccc(NC(=O)C(=O)N2CCCc3ccccc32)nc1. The molecule has 0 atom stereocenters. The number of hydrogen-bond acceptors (Lipinski definition) is 3.